The Hall–Kier alpha value is -2.89. The van der Waals surface area contributed by atoms with Crippen LogP contribution in [0.2, 0.25) is 0 Å². The molecule has 1 atom stereocenters. The Morgan fingerprint density at radius 1 is 1.12 bits per heavy atom. The third-order valence-electron chi connectivity index (χ3n) is 4.06. The maximum atomic E-state index is 12.9. The highest BCUT2D eigenvalue weighted by atomic mass is 16.5. The number of hydrogen-bond donors (Lipinski definition) is 2. The molecule has 0 amide bonds. The zero-order valence-electron chi connectivity index (χ0n) is 13.4. The summed E-state index contributed by atoms with van der Waals surface area (Å²) >= 11 is 0. The van der Waals surface area contributed by atoms with Crippen LogP contribution in [-0.4, -0.2) is 36.8 Å². The van der Waals surface area contributed by atoms with E-state index in [0.29, 0.717) is 6.42 Å². The Balaban J connectivity index is 1.96. The average molecular weight is 330 g/mol. The molecule has 1 aliphatic rings. The van der Waals surface area contributed by atoms with Crippen LogP contribution in [0.25, 0.3) is 0 Å². The fourth-order valence-electron chi connectivity index (χ4n) is 2.88. The molecule has 2 aromatic rings. The Morgan fingerprint density at radius 3 is 2.42 bits per heavy atom. The summed E-state index contributed by atoms with van der Waals surface area (Å²) in [6.07, 6.45) is 0.477. The lowest BCUT2D eigenvalue weighted by molar-refractivity contribution is 0.0824. The van der Waals surface area contributed by atoms with E-state index < -0.39 is 0 Å². The molecular weight excluding hydrogens is 312 g/mol. The SMILES string of the molecule is COc1c(O)cc2c(c1OC)C(=O)[C@H](Cc1ccc(O)cc1)CO2. The van der Waals surface area contributed by atoms with Crippen LogP contribution in [0.15, 0.2) is 30.3 Å². The van der Waals surface area contributed by atoms with Gasteiger partial charge in [-0.15, -0.1) is 0 Å². The number of methoxy groups -OCH3 is 2. The van der Waals surface area contributed by atoms with Crippen LogP contribution in [0.1, 0.15) is 15.9 Å². The Morgan fingerprint density at radius 2 is 1.79 bits per heavy atom. The van der Waals surface area contributed by atoms with Gasteiger partial charge in [0.05, 0.1) is 26.7 Å². The van der Waals surface area contributed by atoms with Gasteiger partial charge in [0.1, 0.15) is 17.1 Å². The van der Waals surface area contributed by atoms with Crippen molar-refractivity contribution in [3.05, 3.63) is 41.5 Å². The van der Waals surface area contributed by atoms with Gasteiger partial charge in [-0.2, -0.15) is 0 Å². The monoisotopic (exact) mass is 330 g/mol. The molecule has 6 nitrogen and oxygen atoms in total. The standard InChI is InChI=1S/C18H18O6/c1-22-17-13(20)8-14-15(18(17)23-2)16(21)11(9-24-14)7-10-3-5-12(19)6-4-10/h3-6,8,11,19-20H,7,9H2,1-2H3/t11-/m1/s1. The molecule has 0 fully saturated rings. The smallest absolute Gasteiger partial charge is 0.204 e. The van der Waals surface area contributed by atoms with Crippen LogP contribution < -0.4 is 14.2 Å². The zero-order chi connectivity index (χ0) is 17.3. The van der Waals surface area contributed by atoms with Crippen LogP contribution in [0.4, 0.5) is 0 Å². The minimum atomic E-state index is -0.384. The number of aromatic hydroxyl groups is 2. The molecule has 0 saturated heterocycles. The number of ether oxygens (including phenoxy) is 3. The number of carbonyl (C=O) groups is 1. The highest BCUT2D eigenvalue weighted by Gasteiger charge is 2.35. The number of rotatable bonds is 4. The van der Waals surface area contributed by atoms with Crippen molar-refractivity contribution in [1.82, 2.24) is 0 Å². The summed E-state index contributed by atoms with van der Waals surface area (Å²) in [4.78, 5) is 12.9. The minimum Gasteiger partial charge on any atom is -0.508 e. The molecule has 0 spiro atoms. The van der Waals surface area contributed by atoms with Crippen molar-refractivity contribution >= 4 is 5.78 Å². The van der Waals surface area contributed by atoms with Crippen LogP contribution >= 0.6 is 0 Å². The van der Waals surface area contributed by atoms with Gasteiger partial charge in [-0.1, -0.05) is 12.1 Å². The molecule has 1 aliphatic heterocycles. The van der Waals surface area contributed by atoms with Gasteiger partial charge >= 0.3 is 0 Å². The number of Topliss-reactive ketones (excluding diaryl/α,β-unsaturated/α-hetero) is 1. The van der Waals surface area contributed by atoms with Crippen molar-refractivity contribution in [3.8, 4) is 28.7 Å². The molecular formula is C18H18O6. The molecule has 24 heavy (non-hydrogen) atoms. The van der Waals surface area contributed by atoms with E-state index in [0.717, 1.165) is 5.56 Å². The molecule has 0 saturated carbocycles. The van der Waals surface area contributed by atoms with Crippen molar-refractivity contribution in [2.75, 3.05) is 20.8 Å². The van der Waals surface area contributed by atoms with Gasteiger partial charge in [0, 0.05) is 6.07 Å². The third-order valence-corrected chi connectivity index (χ3v) is 4.06. The van der Waals surface area contributed by atoms with E-state index in [2.05, 4.69) is 0 Å². The third kappa shape index (κ3) is 2.71. The van der Waals surface area contributed by atoms with E-state index in [4.69, 9.17) is 14.2 Å². The molecule has 0 radical (unpaired) electrons. The highest BCUT2D eigenvalue weighted by molar-refractivity contribution is 6.05. The number of carbonyl (C=O) groups excluding carboxylic acids is 1. The van der Waals surface area contributed by atoms with Gasteiger partial charge in [0.25, 0.3) is 0 Å². The van der Waals surface area contributed by atoms with Crippen LogP contribution in [0, 0.1) is 5.92 Å². The quantitative estimate of drug-likeness (QED) is 0.896. The molecule has 1 heterocycles. The lowest BCUT2D eigenvalue weighted by Crippen LogP contribution is -2.30. The molecule has 0 aromatic heterocycles. The van der Waals surface area contributed by atoms with Gasteiger partial charge in [-0.3, -0.25) is 4.79 Å². The van der Waals surface area contributed by atoms with Crippen molar-refractivity contribution in [2.24, 2.45) is 5.92 Å². The van der Waals surface area contributed by atoms with Gasteiger partial charge in [0.2, 0.25) is 5.75 Å². The van der Waals surface area contributed by atoms with E-state index in [9.17, 15) is 15.0 Å². The fourth-order valence-corrected chi connectivity index (χ4v) is 2.88. The molecule has 0 bridgehead atoms. The zero-order valence-corrected chi connectivity index (χ0v) is 13.4. The topological polar surface area (TPSA) is 85.2 Å². The highest BCUT2D eigenvalue weighted by Crippen LogP contribution is 2.47. The molecule has 2 aromatic carbocycles. The van der Waals surface area contributed by atoms with E-state index in [1.54, 1.807) is 24.3 Å². The lowest BCUT2D eigenvalue weighted by Gasteiger charge is -2.26. The second-order valence-electron chi connectivity index (χ2n) is 5.58. The maximum Gasteiger partial charge on any atom is 0.204 e. The first-order valence-electron chi connectivity index (χ1n) is 7.48. The second kappa shape index (κ2) is 6.31. The number of phenolic OH excluding ortho intramolecular Hbond substituents is 2. The summed E-state index contributed by atoms with van der Waals surface area (Å²) in [6.45, 7) is 0.210. The number of ketones is 1. The van der Waals surface area contributed by atoms with Crippen LogP contribution in [0.3, 0.4) is 0 Å². The first kappa shape index (κ1) is 16.0. The predicted molar refractivity (Wildman–Crippen MR) is 86.3 cm³/mol. The summed E-state index contributed by atoms with van der Waals surface area (Å²) < 4.78 is 16.1. The van der Waals surface area contributed by atoms with Gasteiger partial charge in [0.15, 0.2) is 17.3 Å². The number of phenols is 2. The van der Waals surface area contributed by atoms with Crippen molar-refractivity contribution in [2.45, 2.75) is 6.42 Å². The largest absolute Gasteiger partial charge is 0.508 e. The Labute approximate surface area is 139 Å². The molecule has 6 heteroatoms. The summed E-state index contributed by atoms with van der Waals surface area (Å²) in [7, 11) is 2.81. The molecule has 2 N–H and O–H groups in total. The predicted octanol–water partition coefficient (Wildman–Crippen LogP) is 2.55. The number of benzene rings is 2. The minimum absolute atomic E-state index is 0.110. The molecule has 3 rings (SSSR count). The molecule has 0 unspecified atom stereocenters. The second-order valence-corrected chi connectivity index (χ2v) is 5.58. The number of hydrogen-bond acceptors (Lipinski definition) is 6. The first-order valence-corrected chi connectivity index (χ1v) is 7.48. The van der Waals surface area contributed by atoms with E-state index in [1.165, 1.54) is 20.3 Å². The lowest BCUT2D eigenvalue weighted by atomic mass is 9.89. The van der Waals surface area contributed by atoms with Crippen molar-refractivity contribution in [3.63, 3.8) is 0 Å². The summed E-state index contributed by atoms with van der Waals surface area (Å²) in [5.74, 6) is 0.100. The molecule has 0 aliphatic carbocycles. The maximum absolute atomic E-state index is 12.9. The Kier molecular flexibility index (Phi) is 4.20. The summed E-state index contributed by atoms with van der Waals surface area (Å²) in [6, 6.07) is 8.07. The van der Waals surface area contributed by atoms with Gasteiger partial charge < -0.3 is 24.4 Å². The summed E-state index contributed by atoms with van der Waals surface area (Å²) in [5.41, 5.74) is 1.20. The summed E-state index contributed by atoms with van der Waals surface area (Å²) in [5, 5.41) is 19.3. The van der Waals surface area contributed by atoms with Crippen molar-refractivity contribution < 1.29 is 29.2 Å². The van der Waals surface area contributed by atoms with E-state index >= 15 is 0 Å². The van der Waals surface area contributed by atoms with Gasteiger partial charge in [-0.05, 0) is 24.1 Å². The average Bonchev–Trinajstić information content (AvgIpc) is 2.58. The van der Waals surface area contributed by atoms with Gasteiger partial charge in [-0.25, -0.2) is 0 Å². The molecule has 126 valence electrons. The van der Waals surface area contributed by atoms with Crippen molar-refractivity contribution in [1.29, 1.82) is 0 Å². The van der Waals surface area contributed by atoms with E-state index in [1.807, 2.05) is 0 Å². The number of fused-ring (bicyclic) bond motifs is 1. The van der Waals surface area contributed by atoms with Crippen LogP contribution in [-0.2, 0) is 6.42 Å². The first-order chi connectivity index (χ1) is 11.5. The van der Waals surface area contributed by atoms with E-state index in [-0.39, 0.29) is 52.6 Å². The Bertz CT molecular complexity index is 766. The normalized spacial score (nSPS) is 16.2. The van der Waals surface area contributed by atoms with Crippen LogP contribution in [0.5, 0.6) is 28.7 Å². The fraction of sp³-hybridized carbons (Fsp3) is 0.278.